The molecule has 0 bridgehead atoms. The van der Waals surface area contributed by atoms with Gasteiger partial charge in [-0.3, -0.25) is 4.31 Å². The lowest BCUT2D eigenvalue weighted by Gasteiger charge is -2.24. The van der Waals surface area contributed by atoms with Crippen molar-refractivity contribution in [2.75, 3.05) is 4.31 Å². The number of carbonyl (C=O) groups is 1. The number of rotatable bonds is 6. The van der Waals surface area contributed by atoms with Crippen LogP contribution < -0.4 is 4.31 Å². The largest absolute Gasteiger partial charge is 0.478 e. The van der Waals surface area contributed by atoms with Gasteiger partial charge in [-0.2, -0.15) is 0 Å². The maximum atomic E-state index is 13.1. The number of halogens is 1. The van der Waals surface area contributed by atoms with Gasteiger partial charge in [0.15, 0.2) is 11.0 Å². The van der Waals surface area contributed by atoms with Crippen LogP contribution >= 0.6 is 11.6 Å². The Kier molecular flexibility index (Phi) is 5.71. The van der Waals surface area contributed by atoms with E-state index in [-0.39, 0.29) is 5.56 Å². The molecule has 1 unspecified atom stereocenters. The van der Waals surface area contributed by atoms with Gasteiger partial charge in [-0.25, -0.2) is 9.00 Å². The molecule has 0 aliphatic carbocycles. The Morgan fingerprint density at radius 2 is 1.54 bits per heavy atom. The molecule has 0 saturated heterocycles. The molecule has 1 atom stereocenters. The standard InChI is InChI=1S/C20H16ClNO3S/c21-17-10-6-15(7-11-17)14-22(26(25)19-4-2-1-3-5-19)18-12-8-16(9-13-18)20(23)24/h1-13H,14H2,(H,23,24). The van der Waals surface area contributed by atoms with Gasteiger partial charge in [0.25, 0.3) is 0 Å². The molecule has 0 aliphatic heterocycles. The summed E-state index contributed by atoms with van der Waals surface area (Å²) in [7, 11) is -1.44. The molecule has 0 fully saturated rings. The first-order valence-electron chi connectivity index (χ1n) is 7.87. The molecule has 0 heterocycles. The molecule has 1 N–H and O–H groups in total. The highest BCUT2D eigenvalue weighted by atomic mass is 35.5. The quantitative estimate of drug-likeness (QED) is 0.665. The van der Waals surface area contributed by atoms with E-state index in [4.69, 9.17) is 16.7 Å². The Labute approximate surface area is 159 Å². The number of aromatic carboxylic acids is 1. The van der Waals surface area contributed by atoms with Crippen LogP contribution in [0.3, 0.4) is 0 Å². The number of anilines is 1. The molecule has 4 nitrogen and oxygen atoms in total. The second-order valence-electron chi connectivity index (χ2n) is 5.58. The summed E-state index contributed by atoms with van der Waals surface area (Å²) >= 11 is 5.94. The molecule has 3 aromatic rings. The maximum Gasteiger partial charge on any atom is 0.335 e. The average molecular weight is 386 g/mol. The van der Waals surface area contributed by atoms with Crippen molar-refractivity contribution < 1.29 is 14.1 Å². The van der Waals surface area contributed by atoms with Gasteiger partial charge >= 0.3 is 5.97 Å². The van der Waals surface area contributed by atoms with Gasteiger partial charge in [0.1, 0.15) is 0 Å². The van der Waals surface area contributed by atoms with Crippen LogP contribution in [0.5, 0.6) is 0 Å². The van der Waals surface area contributed by atoms with Crippen molar-refractivity contribution >= 4 is 34.2 Å². The summed E-state index contributed by atoms with van der Waals surface area (Å²) in [5, 5.41) is 9.71. The fraction of sp³-hybridized carbons (Fsp3) is 0.0500. The average Bonchev–Trinajstić information content (AvgIpc) is 2.68. The van der Waals surface area contributed by atoms with E-state index in [0.29, 0.717) is 22.2 Å². The fourth-order valence-corrected chi connectivity index (χ4v) is 3.79. The first-order valence-corrected chi connectivity index (χ1v) is 9.35. The van der Waals surface area contributed by atoms with Crippen molar-refractivity contribution in [1.82, 2.24) is 0 Å². The Hall–Kier alpha value is -2.63. The number of benzene rings is 3. The predicted molar refractivity (Wildman–Crippen MR) is 104 cm³/mol. The molecule has 26 heavy (non-hydrogen) atoms. The first kappa shape index (κ1) is 18.2. The summed E-state index contributed by atoms with van der Waals surface area (Å²) in [6.45, 7) is 0.394. The third-order valence-corrected chi connectivity index (χ3v) is 5.45. The van der Waals surface area contributed by atoms with Crippen LogP contribution in [-0.4, -0.2) is 15.3 Å². The third-order valence-electron chi connectivity index (χ3n) is 3.79. The summed E-state index contributed by atoms with van der Waals surface area (Å²) < 4.78 is 14.9. The summed E-state index contributed by atoms with van der Waals surface area (Å²) in [6, 6.07) is 22.8. The highest BCUT2D eigenvalue weighted by Crippen LogP contribution is 2.24. The molecule has 132 valence electrons. The summed E-state index contributed by atoms with van der Waals surface area (Å²) in [5.41, 5.74) is 1.80. The van der Waals surface area contributed by atoms with Crippen molar-refractivity contribution in [2.24, 2.45) is 0 Å². The minimum Gasteiger partial charge on any atom is -0.478 e. The second kappa shape index (κ2) is 8.17. The van der Waals surface area contributed by atoms with Crippen LogP contribution in [0.1, 0.15) is 15.9 Å². The highest BCUT2D eigenvalue weighted by molar-refractivity contribution is 7.86. The van der Waals surface area contributed by atoms with Gasteiger partial charge in [0, 0.05) is 5.02 Å². The number of carboxylic acid groups (broad SMARTS) is 1. The molecule has 0 saturated carbocycles. The van der Waals surface area contributed by atoms with E-state index < -0.39 is 17.0 Å². The third kappa shape index (κ3) is 4.31. The smallest absolute Gasteiger partial charge is 0.335 e. The number of nitrogens with zero attached hydrogens (tertiary/aromatic N) is 1. The van der Waals surface area contributed by atoms with Crippen molar-refractivity contribution in [3.8, 4) is 0 Å². The zero-order valence-corrected chi connectivity index (χ0v) is 15.3. The molecule has 0 aromatic heterocycles. The Morgan fingerprint density at radius 3 is 2.12 bits per heavy atom. The van der Waals surface area contributed by atoms with Crippen molar-refractivity contribution in [3.63, 3.8) is 0 Å². The van der Waals surface area contributed by atoms with Crippen LogP contribution in [0.4, 0.5) is 5.69 Å². The Morgan fingerprint density at radius 1 is 0.923 bits per heavy atom. The van der Waals surface area contributed by atoms with Gasteiger partial charge in [-0.05, 0) is 54.1 Å². The normalized spacial score (nSPS) is 11.7. The zero-order valence-electron chi connectivity index (χ0n) is 13.7. The fourth-order valence-electron chi connectivity index (χ4n) is 2.44. The van der Waals surface area contributed by atoms with Gasteiger partial charge in [0.2, 0.25) is 0 Å². The van der Waals surface area contributed by atoms with E-state index >= 15 is 0 Å². The SMILES string of the molecule is O=C(O)c1ccc(N(Cc2ccc(Cl)cc2)S(=O)c2ccccc2)cc1. The van der Waals surface area contributed by atoms with E-state index in [2.05, 4.69) is 0 Å². The molecule has 3 aromatic carbocycles. The van der Waals surface area contributed by atoms with Gasteiger partial charge in [-0.15, -0.1) is 0 Å². The lowest BCUT2D eigenvalue weighted by Crippen LogP contribution is -2.25. The van der Waals surface area contributed by atoms with Crippen molar-refractivity contribution in [2.45, 2.75) is 11.4 Å². The van der Waals surface area contributed by atoms with Crippen molar-refractivity contribution in [3.05, 3.63) is 95.0 Å². The van der Waals surface area contributed by atoms with Gasteiger partial charge < -0.3 is 5.11 Å². The molecular weight excluding hydrogens is 370 g/mol. The predicted octanol–water partition coefficient (Wildman–Crippen LogP) is 4.77. The van der Waals surface area contributed by atoms with Crippen LogP contribution in [-0.2, 0) is 17.5 Å². The molecule has 0 aliphatic rings. The van der Waals surface area contributed by atoms with Crippen molar-refractivity contribution in [1.29, 1.82) is 0 Å². The Bertz CT molecular complexity index is 912. The van der Waals surface area contributed by atoms with Gasteiger partial charge in [0.05, 0.1) is 22.7 Å². The van der Waals surface area contributed by atoms with E-state index in [1.807, 2.05) is 30.3 Å². The summed E-state index contributed by atoms with van der Waals surface area (Å²) in [4.78, 5) is 11.7. The maximum absolute atomic E-state index is 13.1. The van der Waals surface area contributed by atoms with Crippen LogP contribution in [0, 0.1) is 0 Å². The van der Waals surface area contributed by atoms with E-state index in [1.54, 1.807) is 40.7 Å². The van der Waals surface area contributed by atoms with Gasteiger partial charge in [-0.1, -0.05) is 41.9 Å². The van der Waals surface area contributed by atoms with E-state index in [0.717, 1.165) is 5.56 Å². The lowest BCUT2D eigenvalue weighted by molar-refractivity contribution is 0.0697. The minimum atomic E-state index is -1.44. The first-order chi connectivity index (χ1) is 12.5. The van der Waals surface area contributed by atoms with Crippen LogP contribution in [0.15, 0.2) is 83.8 Å². The van der Waals surface area contributed by atoms with Crippen LogP contribution in [0.2, 0.25) is 5.02 Å². The molecule has 3 rings (SSSR count). The molecular formula is C20H16ClNO3S. The van der Waals surface area contributed by atoms with E-state index in [9.17, 15) is 9.00 Å². The molecule has 6 heteroatoms. The van der Waals surface area contributed by atoms with Crippen LogP contribution in [0.25, 0.3) is 0 Å². The number of hydrogen-bond donors (Lipinski definition) is 1. The lowest BCUT2D eigenvalue weighted by atomic mass is 10.2. The Balaban J connectivity index is 1.96. The summed E-state index contributed by atoms with van der Waals surface area (Å²) in [6.07, 6.45) is 0. The highest BCUT2D eigenvalue weighted by Gasteiger charge is 2.17. The molecule has 0 radical (unpaired) electrons. The molecule has 0 spiro atoms. The number of hydrogen-bond acceptors (Lipinski definition) is 2. The minimum absolute atomic E-state index is 0.186. The second-order valence-corrected chi connectivity index (χ2v) is 7.42. The molecule has 0 amide bonds. The topological polar surface area (TPSA) is 57.6 Å². The van der Waals surface area contributed by atoms with E-state index in [1.165, 1.54) is 12.1 Å². The number of carboxylic acids is 1. The zero-order chi connectivity index (χ0) is 18.5. The summed E-state index contributed by atoms with van der Waals surface area (Å²) in [5.74, 6) is -0.995. The monoisotopic (exact) mass is 385 g/mol.